The molecule has 4 amide bonds. The molecule has 0 bridgehead atoms. The summed E-state index contributed by atoms with van der Waals surface area (Å²) in [5.41, 5.74) is 1.16. The van der Waals surface area contributed by atoms with Crippen LogP contribution in [0.15, 0.2) is 60.9 Å². The number of ether oxygens (including phenoxy) is 2. The van der Waals surface area contributed by atoms with Crippen molar-refractivity contribution < 1.29 is 37.4 Å². The summed E-state index contributed by atoms with van der Waals surface area (Å²) in [5.74, 6) is 0.0620. The Morgan fingerprint density at radius 3 is 1.27 bits per heavy atom. The summed E-state index contributed by atoms with van der Waals surface area (Å²) in [6.07, 6.45) is -0.954. The second kappa shape index (κ2) is 16.3. The van der Waals surface area contributed by atoms with Gasteiger partial charge in [0.1, 0.15) is 35.1 Å². The average Bonchev–Trinajstić information content (AvgIpc) is 4.00. The number of rotatable bonds is 9. The van der Waals surface area contributed by atoms with Crippen molar-refractivity contribution in [3.63, 3.8) is 0 Å². The van der Waals surface area contributed by atoms with Gasteiger partial charge in [-0.3, -0.25) is 19.4 Å². The third kappa shape index (κ3) is 8.59. The monoisotopic (exact) mass is 830 g/mol. The van der Waals surface area contributed by atoms with Crippen LogP contribution in [-0.2, 0) is 19.1 Å². The number of amides is 4. The maximum atomic E-state index is 14.5. The quantitative estimate of drug-likeness (QED) is 0.133. The number of likely N-dealkylation sites (tertiary alicyclic amines) is 2. The van der Waals surface area contributed by atoms with Gasteiger partial charge in [-0.1, -0.05) is 90.1 Å². The minimum Gasteiger partial charge on any atom is -0.453 e. The molecule has 6 atom stereocenters. The molecule has 0 aliphatic carbocycles. The Morgan fingerprint density at radius 1 is 0.650 bits per heavy atom. The van der Waals surface area contributed by atoms with Crippen molar-refractivity contribution in [2.45, 2.75) is 104 Å². The first-order valence-corrected chi connectivity index (χ1v) is 20.0. The molecule has 60 heavy (non-hydrogen) atoms. The van der Waals surface area contributed by atoms with E-state index in [1.54, 1.807) is 26.2 Å². The first kappa shape index (κ1) is 43.8. The summed E-state index contributed by atoms with van der Waals surface area (Å²) in [5, 5.41) is 6.08. The van der Waals surface area contributed by atoms with Gasteiger partial charge in [0.15, 0.2) is 0 Å². The highest BCUT2D eigenvalue weighted by Gasteiger charge is 2.53. The molecular weight excluding hydrogens is 775 g/mol. The zero-order valence-corrected chi connectivity index (χ0v) is 35.9. The van der Waals surface area contributed by atoms with Crippen LogP contribution in [0.5, 0.6) is 0 Å². The minimum atomic E-state index is -1.43. The minimum absolute atomic E-state index is 0.142. The summed E-state index contributed by atoms with van der Waals surface area (Å²) in [6, 6.07) is 14.7. The van der Waals surface area contributed by atoms with Crippen LogP contribution in [0.25, 0.3) is 33.6 Å². The van der Waals surface area contributed by atoms with Crippen LogP contribution >= 0.6 is 0 Å². The van der Waals surface area contributed by atoms with Gasteiger partial charge < -0.3 is 30.1 Å². The second-order valence-electron chi connectivity index (χ2n) is 18.4. The fourth-order valence-corrected chi connectivity index (χ4v) is 8.11. The molecular formula is C44H56F2N8O6. The number of carbonyl (C=O) groups is 4. The molecule has 2 saturated heterocycles. The van der Waals surface area contributed by atoms with Crippen molar-refractivity contribution in [1.29, 1.82) is 0 Å². The van der Waals surface area contributed by atoms with Gasteiger partial charge in [0.05, 0.1) is 50.8 Å². The molecule has 0 radical (unpaired) electrons. The summed E-state index contributed by atoms with van der Waals surface area (Å²) in [6.45, 7) is 14.4. The van der Waals surface area contributed by atoms with Gasteiger partial charge in [-0.2, -0.15) is 0 Å². The smallest absolute Gasteiger partial charge is 0.410 e. The van der Waals surface area contributed by atoms with E-state index in [4.69, 9.17) is 19.4 Å². The fourth-order valence-electron chi connectivity index (χ4n) is 8.11. The number of halogens is 2. The Labute approximate surface area is 349 Å². The van der Waals surface area contributed by atoms with Crippen molar-refractivity contribution in [2.75, 3.05) is 27.3 Å². The van der Waals surface area contributed by atoms with Gasteiger partial charge in [0, 0.05) is 36.4 Å². The fraction of sp³-hybridized carbons (Fsp3) is 0.500. The predicted octanol–water partition coefficient (Wildman–Crippen LogP) is 7.68. The van der Waals surface area contributed by atoms with Gasteiger partial charge in [0.25, 0.3) is 0 Å². The maximum absolute atomic E-state index is 14.5. The van der Waals surface area contributed by atoms with Gasteiger partial charge in [-0.15, -0.1) is 0 Å². The van der Waals surface area contributed by atoms with Gasteiger partial charge in [0.2, 0.25) is 11.8 Å². The van der Waals surface area contributed by atoms with Crippen molar-refractivity contribution in [3.05, 3.63) is 72.6 Å². The third-order valence-corrected chi connectivity index (χ3v) is 11.7. The van der Waals surface area contributed by atoms with Crippen LogP contribution < -0.4 is 10.6 Å². The molecule has 14 nitrogen and oxygen atoms in total. The number of hydrogen-bond donors (Lipinski definition) is 4. The first-order valence-electron chi connectivity index (χ1n) is 20.0. The number of nitrogens with one attached hydrogen (secondary N) is 4. The van der Waals surface area contributed by atoms with Gasteiger partial charge in [-0.05, 0) is 35.8 Å². The molecule has 4 heterocycles. The number of carbonyl (C=O) groups excluding carboxylic acids is 4. The van der Waals surface area contributed by atoms with E-state index in [0.29, 0.717) is 23.0 Å². The molecule has 2 aliphatic rings. The van der Waals surface area contributed by atoms with E-state index in [1.807, 2.05) is 90.1 Å². The van der Waals surface area contributed by atoms with Crippen LogP contribution in [0.4, 0.5) is 18.4 Å². The number of benzene rings is 2. The lowest BCUT2D eigenvalue weighted by Crippen LogP contribution is -2.57. The Bertz CT molecular complexity index is 2060. The molecule has 2 aliphatic heterocycles. The highest BCUT2D eigenvalue weighted by atomic mass is 19.1. The van der Waals surface area contributed by atoms with Crippen LogP contribution in [-0.4, -0.2) is 104 Å². The van der Waals surface area contributed by atoms with Crippen molar-refractivity contribution in [3.8, 4) is 33.6 Å². The average molecular weight is 831 g/mol. The Kier molecular flexibility index (Phi) is 11.9. The lowest BCUT2D eigenvalue weighted by Gasteiger charge is -2.36. The molecule has 6 rings (SSSR count). The lowest BCUT2D eigenvalue weighted by molar-refractivity contribution is -0.132. The summed E-state index contributed by atoms with van der Waals surface area (Å²) in [7, 11) is 2.41. The van der Waals surface area contributed by atoms with E-state index in [2.05, 4.69) is 20.6 Å². The van der Waals surface area contributed by atoms with E-state index in [-0.39, 0.29) is 25.9 Å². The van der Waals surface area contributed by atoms with E-state index in [9.17, 15) is 28.0 Å². The first-order chi connectivity index (χ1) is 28.1. The lowest BCUT2D eigenvalue weighted by atomic mass is 9.85. The molecule has 4 aromatic rings. The van der Waals surface area contributed by atoms with Crippen molar-refractivity contribution in [2.24, 2.45) is 10.8 Å². The Morgan fingerprint density at radius 2 is 0.967 bits per heavy atom. The number of H-pyrrole nitrogens is 2. The zero-order valence-electron chi connectivity index (χ0n) is 35.9. The van der Waals surface area contributed by atoms with Crippen LogP contribution in [0.2, 0.25) is 0 Å². The second-order valence-corrected chi connectivity index (χ2v) is 18.4. The maximum Gasteiger partial charge on any atom is 0.410 e. The number of hydrogen-bond acceptors (Lipinski definition) is 8. The summed E-state index contributed by atoms with van der Waals surface area (Å²) < 4.78 is 38.7. The third-order valence-electron chi connectivity index (χ3n) is 11.7. The van der Waals surface area contributed by atoms with E-state index in [0.717, 1.165) is 32.1 Å². The number of aromatic amines is 2. The SMILES string of the molecule is COC(=O)N1C[C@H](F)C[C@@]1(C)C(=O)N[C@H](c1nc(-c2ccc(-c3ccc(-c4c[nH]c([C@@H](NC(=O)[C@]5(C)C[C@@H](F)CN5C(=O)OC)C(C)(C)C)n4)cc3)cc2)c[nH]1)C(C)(C)C. The molecule has 0 saturated carbocycles. The van der Waals surface area contributed by atoms with Crippen LogP contribution in [0, 0.1) is 10.8 Å². The van der Waals surface area contributed by atoms with Gasteiger partial charge >= 0.3 is 12.2 Å². The molecule has 322 valence electrons. The van der Waals surface area contributed by atoms with Crippen molar-refractivity contribution in [1.82, 2.24) is 40.4 Å². The highest BCUT2D eigenvalue weighted by molar-refractivity contribution is 5.91. The summed E-state index contributed by atoms with van der Waals surface area (Å²) >= 11 is 0. The Balaban J connectivity index is 1.15. The number of imidazole rings is 2. The molecule has 0 unspecified atom stereocenters. The topological polar surface area (TPSA) is 175 Å². The predicted molar refractivity (Wildman–Crippen MR) is 222 cm³/mol. The molecule has 2 fully saturated rings. The Hall–Kier alpha value is -5.80. The molecule has 16 heteroatoms. The van der Waals surface area contributed by atoms with Crippen LogP contribution in [0.3, 0.4) is 0 Å². The van der Waals surface area contributed by atoms with E-state index >= 15 is 0 Å². The largest absolute Gasteiger partial charge is 0.453 e. The highest BCUT2D eigenvalue weighted by Crippen LogP contribution is 2.39. The molecule has 2 aromatic heterocycles. The number of aromatic nitrogens is 4. The van der Waals surface area contributed by atoms with Crippen molar-refractivity contribution >= 4 is 24.0 Å². The standard InChI is InChI=1S/C44H56F2N8O6/c1-41(2,3)33(51-37(55)43(7)19-29(45)23-53(43)39(57)59-9)35-47-21-31(49-35)27-15-11-25(12-16-27)26-13-17-28(18-14-26)32-22-48-36(50-32)34(42(4,5)6)52-38(56)44(8)20-30(46)24-54(44)40(58)60-10/h11-18,21-22,29-30,33-34H,19-20,23-24H2,1-10H3,(H,47,49)(H,48,50)(H,51,55)(H,52,56)/t29-,30-,33-,34-,43+,44+/m1/s1. The summed E-state index contributed by atoms with van der Waals surface area (Å²) in [4.78, 5) is 70.7. The number of alkyl halides is 2. The van der Waals surface area contributed by atoms with Gasteiger partial charge in [-0.25, -0.2) is 28.3 Å². The molecule has 0 spiro atoms. The molecule has 2 aromatic carbocycles. The molecule has 4 N–H and O–H groups in total. The number of methoxy groups -OCH3 is 2. The van der Waals surface area contributed by atoms with E-state index in [1.165, 1.54) is 14.2 Å². The zero-order chi connectivity index (χ0) is 43.9. The number of nitrogens with zero attached hydrogens (tertiary/aromatic N) is 4. The van der Waals surface area contributed by atoms with E-state index < -0.39 is 70.3 Å². The normalized spacial score (nSPS) is 22.9. The van der Waals surface area contributed by atoms with Crippen LogP contribution in [0.1, 0.15) is 92.0 Å².